The number of hydrogen-bond donors (Lipinski definition) is 0. The minimum Gasteiger partial charge on any atom is -0.465 e. The fourth-order valence-electron chi connectivity index (χ4n) is 1.74. The number of rotatable bonds is 6. The van der Waals surface area contributed by atoms with Crippen molar-refractivity contribution in [1.82, 2.24) is 4.57 Å². The van der Waals surface area contributed by atoms with Gasteiger partial charge in [0, 0.05) is 13.5 Å². The van der Waals surface area contributed by atoms with E-state index in [1.165, 1.54) is 18.6 Å². The maximum Gasteiger partial charge on any atom is 0.369 e. The summed E-state index contributed by atoms with van der Waals surface area (Å²) in [6, 6.07) is 0. The van der Waals surface area contributed by atoms with Crippen molar-refractivity contribution in [2.45, 2.75) is 32.6 Å². The van der Waals surface area contributed by atoms with E-state index in [1.54, 1.807) is 44.2 Å². The van der Waals surface area contributed by atoms with Crippen LogP contribution >= 0.6 is 0 Å². The number of carbonyl (C=O) groups excluding carboxylic acids is 2. The van der Waals surface area contributed by atoms with Crippen LogP contribution in [0.2, 0.25) is 0 Å². The predicted molar refractivity (Wildman–Crippen MR) is 68.5 cm³/mol. The maximum atomic E-state index is 12.3. The summed E-state index contributed by atoms with van der Waals surface area (Å²) in [5.74, 6) is -1.44. The third-order valence-corrected chi connectivity index (χ3v) is 2.94. The molecule has 1 unspecified atom stereocenters. The lowest BCUT2D eigenvalue weighted by Gasteiger charge is -2.23. The second kappa shape index (κ2) is 6.51. The molecule has 1 rings (SSSR count). The van der Waals surface area contributed by atoms with Crippen LogP contribution in [0.25, 0.3) is 0 Å². The summed E-state index contributed by atoms with van der Waals surface area (Å²) in [5, 5.41) is 0. The van der Waals surface area contributed by atoms with E-state index in [-0.39, 0.29) is 0 Å². The van der Waals surface area contributed by atoms with Gasteiger partial charge >= 0.3 is 17.5 Å². The SMILES string of the molecule is CCO[C@@H](C)OC(=O)C(C)(C(=O)OC)n1cc[n+](C)c1. The van der Waals surface area contributed by atoms with Crippen LogP contribution in [0, 0.1) is 0 Å². The minimum atomic E-state index is -1.60. The van der Waals surface area contributed by atoms with Crippen molar-refractivity contribution in [2.24, 2.45) is 7.05 Å². The van der Waals surface area contributed by atoms with Crippen LogP contribution in [0.15, 0.2) is 18.7 Å². The van der Waals surface area contributed by atoms with Gasteiger partial charge in [-0.15, -0.1) is 0 Å². The molecule has 1 aromatic rings. The summed E-state index contributed by atoms with van der Waals surface area (Å²) in [6.07, 6.45) is 4.17. The molecule has 0 N–H and O–H groups in total. The Hall–Kier alpha value is -1.89. The molecule has 0 aromatic carbocycles. The van der Waals surface area contributed by atoms with Crippen molar-refractivity contribution in [3.63, 3.8) is 0 Å². The summed E-state index contributed by atoms with van der Waals surface area (Å²) in [4.78, 5) is 24.4. The molecule has 112 valence electrons. The number of nitrogens with zero attached hydrogens (tertiary/aromatic N) is 2. The quantitative estimate of drug-likeness (QED) is 0.321. The van der Waals surface area contributed by atoms with Crippen molar-refractivity contribution in [3.8, 4) is 0 Å². The van der Waals surface area contributed by atoms with Gasteiger partial charge in [0.25, 0.3) is 0 Å². The van der Waals surface area contributed by atoms with E-state index in [1.807, 2.05) is 0 Å². The first-order valence-electron chi connectivity index (χ1n) is 6.31. The van der Waals surface area contributed by atoms with E-state index in [0.717, 1.165) is 0 Å². The van der Waals surface area contributed by atoms with Crippen molar-refractivity contribution in [3.05, 3.63) is 18.7 Å². The van der Waals surface area contributed by atoms with Crippen molar-refractivity contribution >= 4 is 11.9 Å². The van der Waals surface area contributed by atoms with Gasteiger partial charge < -0.3 is 14.2 Å². The van der Waals surface area contributed by atoms with Gasteiger partial charge in [-0.3, -0.25) is 0 Å². The molecule has 0 aliphatic rings. The molecule has 7 nitrogen and oxygen atoms in total. The number of carbonyl (C=O) groups is 2. The van der Waals surface area contributed by atoms with Crippen LogP contribution in [-0.4, -0.2) is 36.5 Å². The zero-order valence-corrected chi connectivity index (χ0v) is 12.5. The monoisotopic (exact) mass is 285 g/mol. The highest BCUT2D eigenvalue weighted by molar-refractivity contribution is 6.01. The van der Waals surface area contributed by atoms with E-state index in [0.29, 0.717) is 6.61 Å². The lowest BCUT2D eigenvalue weighted by molar-refractivity contribution is -0.671. The third kappa shape index (κ3) is 3.16. The first kappa shape index (κ1) is 16.2. The average molecular weight is 285 g/mol. The minimum absolute atomic E-state index is 0.405. The van der Waals surface area contributed by atoms with E-state index in [9.17, 15) is 9.59 Å². The molecule has 0 saturated heterocycles. The van der Waals surface area contributed by atoms with Crippen molar-refractivity contribution < 1.29 is 28.4 Å². The molecule has 1 heterocycles. The highest BCUT2D eigenvalue weighted by atomic mass is 16.7. The Morgan fingerprint density at radius 2 is 2.05 bits per heavy atom. The predicted octanol–water partition coefficient (Wildman–Crippen LogP) is 0.127. The maximum absolute atomic E-state index is 12.3. The molecular formula is C13H21N2O5+. The van der Waals surface area contributed by atoms with E-state index in [4.69, 9.17) is 14.2 Å². The second-order valence-electron chi connectivity index (χ2n) is 4.48. The van der Waals surface area contributed by atoms with Crippen LogP contribution in [0.1, 0.15) is 20.8 Å². The Morgan fingerprint density at radius 1 is 1.40 bits per heavy atom. The van der Waals surface area contributed by atoms with Crippen LogP contribution in [-0.2, 0) is 36.4 Å². The Kier molecular flexibility index (Phi) is 5.26. The van der Waals surface area contributed by atoms with Gasteiger partial charge in [-0.25, -0.2) is 18.7 Å². The summed E-state index contributed by atoms with van der Waals surface area (Å²) in [7, 11) is 3.01. The molecule has 2 atom stereocenters. The highest BCUT2D eigenvalue weighted by Crippen LogP contribution is 2.20. The molecule has 20 heavy (non-hydrogen) atoms. The Labute approximate surface area is 118 Å². The lowest BCUT2D eigenvalue weighted by atomic mass is 10.0. The fraction of sp³-hybridized carbons (Fsp3) is 0.615. The highest BCUT2D eigenvalue weighted by Gasteiger charge is 2.51. The van der Waals surface area contributed by atoms with Gasteiger partial charge in [0.15, 0.2) is 6.29 Å². The first-order valence-corrected chi connectivity index (χ1v) is 6.31. The molecular weight excluding hydrogens is 264 g/mol. The van der Waals surface area contributed by atoms with Crippen LogP contribution < -0.4 is 4.57 Å². The zero-order chi connectivity index (χ0) is 15.3. The molecule has 0 amide bonds. The molecule has 7 heteroatoms. The molecule has 0 spiro atoms. The van der Waals surface area contributed by atoms with Crippen molar-refractivity contribution in [2.75, 3.05) is 13.7 Å². The van der Waals surface area contributed by atoms with Crippen LogP contribution in [0.4, 0.5) is 0 Å². The molecule has 0 aliphatic carbocycles. The molecule has 1 aromatic heterocycles. The number of hydrogen-bond acceptors (Lipinski definition) is 5. The molecule has 0 saturated carbocycles. The normalized spacial score (nSPS) is 15.2. The average Bonchev–Trinajstić information content (AvgIpc) is 2.83. The van der Waals surface area contributed by atoms with E-state index < -0.39 is 23.8 Å². The van der Waals surface area contributed by atoms with Crippen LogP contribution in [0.5, 0.6) is 0 Å². The molecule has 0 aliphatic heterocycles. The standard InChI is InChI=1S/C13H21N2O5/c1-6-19-10(2)20-12(17)13(3,11(16)18-5)15-8-7-14(4)9-15/h7-10H,6H2,1-5H3/q+1/t10-,13?/m1/s1. The number of methoxy groups -OCH3 is 1. The Morgan fingerprint density at radius 3 is 2.50 bits per heavy atom. The van der Waals surface area contributed by atoms with Crippen molar-refractivity contribution in [1.29, 1.82) is 0 Å². The summed E-state index contributed by atoms with van der Waals surface area (Å²) >= 11 is 0. The number of aromatic nitrogens is 2. The summed E-state index contributed by atoms with van der Waals surface area (Å²) in [6.45, 7) is 5.23. The Balaban J connectivity index is 3.06. The summed E-state index contributed by atoms with van der Waals surface area (Å²) in [5.41, 5.74) is -1.60. The number of esters is 2. The van der Waals surface area contributed by atoms with Gasteiger partial charge in [0.05, 0.1) is 14.2 Å². The summed E-state index contributed by atoms with van der Waals surface area (Å²) < 4.78 is 18.2. The molecule has 0 fully saturated rings. The number of ether oxygens (including phenoxy) is 3. The van der Waals surface area contributed by atoms with Gasteiger partial charge in [0.1, 0.15) is 12.4 Å². The van der Waals surface area contributed by atoms with E-state index >= 15 is 0 Å². The zero-order valence-electron chi connectivity index (χ0n) is 12.5. The van der Waals surface area contributed by atoms with Gasteiger partial charge in [-0.1, -0.05) is 0 Å². The lowest BCUT2D eigenvalue weighted by Crippen LogP contribution is -2.49. The topological polar surface area (TPSA) is 70.6 Å². The van der Waals surface area contributed by atoms with Gasteiger partial charge in [0.2, 0.25) is 6.33 Å². The smallest absolute Gasteiger partial charge is 0.369 e. The number of imidazole rings is 1. The largest absolute Gasteiger partial charge is 0.465 e. The van der Waals surface area contributed by atoms with Gasteiger partial charge in [-0.2, -0.15) is 0 Å². The third-order valence-electron chi connectivity index (χ3n) is 2.94. The van der Waals surface area contributed by atoms with Crippen LogP contribution in [0.3, 0.4) is 0 Å². The number of aryl methyl sites for hydroxylation is 1. The van der Waals surface area contributed by atoms with E-state index in [2.05, 4.69) is 0 Å². The van der Waals surface area contributed by atoms with Gasteiger partial charge in [-0.05, 0) is 13.8 Å². The fourth-order valence-corrected chi connectivity index (χ4v) is 1.74. The first-order chi connectivity index (χ1) is 9.36. The second-order valence-corrected chi connectivity index (χ2v) is 4.48. The Bertz CT molecular complexity index is 485. The molecule has 0 bridgehead atoms. The molecule has 0 radical (unpaired) electrons.